The SMILES string of the molecule is CCS(=O)(=O)c1ccc(-c2nnc(NC(=O)c3cc(C)oc3C)o2)cc1. The number of aromatic nitrogens is 2. The Morgan fingerprint density at radius 1 is 1.12 bits per heavy atom. The van der Waals surface area contributed by atoms with Crippen LogP contribution >= 0.6 is 0 Å². The lowest BCUT2D eigenvalue weighted by Gasteiger charge is -2.01. The Bertz CT molecular complexity index is 1050. The highest BCUT2D eigenvalue weighted by Crippen LogP contribution is 2.23. The number of carbonyl (C=O) groups excluding carboxylic acids is 1. The third-order valence-electron chi connectivity index (χ3n) is 3.77. The molecule has 8 nitrogen and oxygen atoms in total. The minimum Gasteiger partial charge on any atom is -0.466 e. The second-order valence-corrected chi connectivity index (χ2v) is 7.90. The number of nitrogens with one attached hydrogen (secondary N) is 1. The van der Waals surface area contributed by atoms with E-state index in [4.69, 9.17) is 8.83 Å². The van der Waals surface area contributed by atoms with Crippen LogP contribution in [0.4, 0.5) is 6.01 Å². The van der Waals surface area contributed by atoms with Crippen LogP contribution in [0, 0.1) is 13.8 Å². The molecule has 0 aliphatic heterocycles. The Hall–Kier alpha value is -2.94. The van der Waals surface area contributed by atoms with Crippen LogP contribution in [0.1, 0.15) is 28.8 Å². The third kappa shape index (κ3) is 3.52. The lowest BCUT2D eigenvalue weighted by Crippen LogP contribution is -2.12. The fourth-order valence-electron chi connectivity index (χ4n) is 2.38. The van der Waals surface area contributed by atoms with Crippen LogP contribution < -0.4 is 5.32 Å². The van der Waals surface area contributed by atoms with Crippen molar-refractivity contribution in [2.75, 3.05) is 11.1 Å². The van der Waals surface area contributed by atoms with Gasteiger partial charge in [0.05, 0.1) is 16.2 Å². The first-order chi connectivity index (χ1) is 12.3. The molecule has 0 saturated carbocycles. The van der Waals surface area contributed by atoms with Gasteiger partial charge < -0.3 is 8.83 Å². The zero-order chi connectivity index (χ0) is 18.9. The predicted molar refractivity (Wildman–Crippen MR) is 93.6 cm³/mol. The highest BCUT2D eigenvalue weighted by atomic mass is 32.2. The normalized spacial score (nSPS) is 11.5. The van der Waals surface area contributed by atoms with E-state index in [0.717, 1.165) is 0 Å². The molecule has 0 atom stereocenters. The minimum atomic E-state index is -3.27. The minimum absolute atomic E-state index is 0.0238. The zero-order valence-electron chi connectivity index (χ0n) is 14.4. The molecule has 0 unspecified atom stereocenters. The third-order valence-corrected chi connectivity index (χ3v) is 5.52. The van der Waals surface area contributed by atoms with Gasteiger partial charge in [0, 0.05) is 5.56 Å². The summed E-state index contributed by atoms with van der Waals surface area (Å²) in [5, 5.41) is 10.2. The topological polar surface area (TPSA) is 115 Å². The molecule has 1 N–H and O–H groups in total. The molecule has 0 bridgehead atoms. The average molecular weight is 375 g/mol. The van der Waals surface area contributed by atoms with Gasteiger partial charge in [0.25, 0.3) is 5.91 Å². The van der Waals surface area contributed by atoms with Crippen molar-refractivity contribution < 1.29 is 22.0 Å². The van der Waals surface area contributed by atoms with Crippen LogP contribution in [0.25, 0.3) is 11.5 Å². The van der Waals surface area contributed by atoms with Crippen LogP contribution in [0.3, 0.4) is 0 Å². The van der Waals surface area contributed by atoms with Gasteiger partial charge in [0.1, 0.15) is 11.5 Å². The number of rotatable bonds is 5. The number of benzene rings is 1. The van der Waals surface area contributed by atoms with Crippen molar-refractivity contribution >= 4 is 21.8 Å². The van der Waals surface area contributed by atoms with Gasteiger partial charge in [-0.05, 0) is 44.2 Å². The first-order valence-corrected chi connectivity index (χ1v) is 9.50. The van der Waals surface area contributed by atoms with Crippen molar-refractivity contribution in [2.24, 2.45) is 0 Å². The molecular formula is C17H17N3O5S. The summed E-state index contributed by atoms with van der Waals surface area (Å²) in [6, 6.07) is 7.67. The van der Waals surface area contributed by atoms with Crippen LogP contribution in [0.5, 0.6) is 0 Å². The largest absolute Gasteiger partial charge is 0.466 e. The molecule has 1 amide bonds. The molecule has 0 saturated heterocycles. The summed E-state index contributed by atoms with van der Waals surface area (Å²) >= 11 is 0. The number of furan rings is 1. The number of hydrogen-bond donors (Lipinski definition) is 1. The summed E-state index contributed by atoms with van der Waals surface area (Å²) in [5.74, 6) is 0.893. The molecule has 136 valence electrons. The molecule has 3 aromatic rings. The van der Waals surface area contributed by atoms with E-state index in [1.54, 1.807) is 39.0 Å². The summed E-state index contributed by atoms with van der Waals surface area (Å²) in [7, 11) is -3.27. The molecule has 0 fully saturated rings. The Morgan fingerprint density at radius 3 is 2.38 bits per heavy atom. The quantitative estimate of drug-likeness (QED) is 0.729. The van der Waals surface area contributed by atoms with Gasteiger partial charge >= 0.3 is 6.01 Å². The van der Waals surface area contributed by atoms with Crippen LogP contribution in [-0.4, -0.2) is 30.3 Å². The Balaban J connectivity index is 1.78. The summed E-state index contributed by atoms with van der Waals surface area (Å²) in [5.41, 5.74) is 0.930. The van der Waals surface area contributed by atoms with E-state index in [1.807, 2.05) is 0 Å². The maximum absolute atomic E-state index is 12.2. The predicted octanol–water partition coefficient (Wildman–Crippen LogP) is 2.99. The lowest BCUT2D eigenvalue weighted by molar-refractivity contribution is 0.102. The second-order valence-electron chi connectivity index (χ2n) is 5.62. The fraction of sp³-hybridized carbons (Fsp3) is 0.235. The second kappa shape index (κ2) is 6.75. The van der Waals surface area contributed by atoms with Gasteiger partial charge in [0.15, 0.2) is 9.84 Å². The number of sulfone groups is 1. The monoisotopic (exact) mass is 375 g/mol. The summed E-state index contributed by atoms with van der Waals surface area (Å²) in [4.78, 5) is 12.4. The fourth-order valence-corrected chi connectivity index (χ4v) is 3.27. The lowest BCUT2D eigenvalue weighted by atomic mass is 10.2. The molecule has 0 aliphatic rings. The number of nitrogens with zero attached hydrogens (tertiary/aromatic N) is 2. The smallest absolute Gasteiger partial charge is 0.322 e. The summed E-state index contributed by atoms with van der Waals surface area (Å²) < 4.78 is 34.4. The van der Waals surface area contributed by atoms with Gasteiger partial charge in [-0.2, -0.15) is 0 Å². The van der Waals surface area contributed by atoms with Gasteiger partial charge in [-0.1, -0.05) is 12.0 Å². The first-order valence-electron chi connectivity index (χ1n) is 7.85. The van der Waals surface area contributed by atoms with Gasteiger partial charge in [-0.3, -0.25) is 10.1 Å². The maximum atomic E-state index is 12.2. The summed E-state index contributed by atoms with van der Waals surface area (Å²) in [6.07, 6.45) is 0. The molecule has 2 heterocycles. The standard InChI is InChI=1S/C17H17N3O5S/c1-4-26(22,23)13-7-5-12(6-8-13)16-19-20-17(25-16)18-15(21)14-9-10(2)24-11(14)3/h5-9H,4H2,1-3H3,(H,18,20,21). The van der Waals surface area contributed by atoms with Crippen LogP contribution in [-0.2, 0) is 9.84 Å². The highest BCUT2D eigenvalue weighted by molar-refractivity contribution is 7.91. The van der Waals surface area contributed by atoms with Crippen LogP contribution in [0.15, 0.2) is 44.1 Å². The molecule has 26 heavy (non-hydrogen) atoms. The molecule has 0 spiro atoms. The number of anilines is 1. The highest BCUT2D eigenvalue weighted by Gasteiger charge is 2.17. The van der Waals surface area contributed by atoms with E-state index < -0.39 is 15.7 Å². The zero-order valence-corrected chi connectivity index (χ0v) is 15.3. The van der Waals surface area contributed by atoms with Crippen molar-refractivity contribution in [3.05, 3.63) is 47.4 Å². The molecule has 9 heteroatoms. The molecule has 2 aromatic heterocycles. The molecule has 1 aromatic carbocycles. The van der Waals surface area contributed by atoms with E-state index in [-0.39, 0.29) is 22.6 Å². The van der Waals surface area contributed by atoms with Crippen molar-refractivity contribution in [1.82, 2.24) is 10.2 Å². The number of carbonyl (C=O) groups is 1. The summed E-state index contributed by atoms with van der Waals surface area (Å²) in [6.45, 7) is 5.02. The van der Waals surface area contributed by atoms with E-state index >= 15 is 0 Å². The van der Waals surface area contributed by atoms with E-state index in [1.165, 1.54) is 12.1 Å². The van der Waals surface area contributed by atoms with Gasteiger partial charge in [0.2, 0.25) is 5.89 Å². The van der Waals surface area contributed by atoms with Crippen molar-refractivity contribution in [2.45, 2.75) is 25.7 Å². The molecule has 3 rings (SSSR count). The number of hydrogen-bond acceptors (Lipinski definition) is 7. The van der Waals surface area contributed by atoms with Crippen molar-refractivity contribution in [3.63, 3.8) is 0 Å². The molecular weight excluding hydrogens is 358 g/mol. The number of amides is 1. The van der Waals surface area contributed by atoms with Crippen molar-refractivity contribution in [1.29, 1.82) is 0 Å². The van der Waals surface area contributed by atoms with E-state index in [9.17, 15) is 13.2 Å². The first kappa shape index (κ1) is 17.9. The van der Waals surface area contributed by atoms with E-state index in [2.05, 4.69) is 15.5 Å². The van der Waals surface area contributed by atoms with Crippen LogP contribution in [0.2, 0.25) is 0 Å². The molecule has 0 radical (unpaired) electrons. The van der Waals surface area contributed by atoms with Crippen molar-refractivity contribution in [3.8, 4) is 11.5 Å². The van der Waals surface area contributed by atoms with E-state index in [0.29, 0.717) is 22.6 Å². The Morgan fingerprint density at radius 2 is 1.81 bits per heavy atom. The van der Waals surface area contributed by atoms with Gasteiger partial charge in [-0.25, -0.2) is 8.42 Å². The molecule has 0 aliphatic carbocycles. The maximum Gasteiger partial charge on any atom is 0.322 e. The number of aryl methyl sites for hydroxylation is 2. The Kier molecular flexibility index (Phi) is 4.64. The van der Waals surface area contributed by atoms with Gasteiger partial charge in [-0.15, -0.1) is 5.10 Å². The average Bonchev–Trinajstić information content (AvgIpc) is 3.21. The Labute approximate surface area is 150 Å².